The van der Waals surface area contributed by atoms with Crippen molar-refractivity contribution in [3.63, 3.8) is 0 Å². The second-order valence-electron chi connectivity index (χ2n) is 6.70. The number of benzene rings is 2. The Balaban J connectivity index is 1.73. The predicted molar refractivity (Wildman–Crippen MR) is 110 cm³/mol. The molecule has 0 spiro atoms. The number of nitrogens with one attached hydrogen (secondary N) is 1. The third-order valence-corrected chi connectivity index (χ3v) is 7.45. The molecule has 1 aliphatic heterocycles. The van der Waals surface area contributed by atoms with Crippen molar-refractivity contribution in [2.75, 3.05) is 24.7 Å². The van der Waals surface area contributed by atoms with Crippen LogP contribution in [0.1, 0.15) is 18.4 Å². The van der Waals surface area contributed by atoms with Crippen molar-refractivity contribution in [3.8, 4) is 0 Å². The molecule has 7 heteroatoms. The lowest BCUT2D eigenvalue weighted by molar-refractivity contribution is -0.120. The number of hydrogen-bond acceptors (Lipinski definition) is 4. The van der Waals surface area contributed by atoms with Gasteiger partial charge in [0.05, 0.1) is 16.5 Å². The summed E-state index contributed by atoms with van der Waals surface area (Å²) in [6.07, 6.45) is 3.32. The van der Waals surface area contributed by atoms with Crippen LogP contribution < -0.4 is 5.32 Å². The smallest absolute Gasteiger partial charge is 0.243 e. The minimum atomic E-state index is -3.58. The fraction of sp³-hybridized carbons (Fsp3) is 0.350. The largest absolute Gasteiger partial charge is 0.325 e. The van der Waals surface area contributed by atoms with Gasteiger partial charge in [0.1, 0.15) is 0 Å². The number of carbonyl (C=O) groups is 1. The topological polar surface area (TPSA) is 66.5 Å². The van der Waals surface area contributed by atoms with Gasteiger partial charge < -0.3 is 5.32 Å². The summed E-state index contributed by atoms with van der Waals surface area (Å²) in [4.78, 5) is 14.0. The number of aryl methyl sites for hydroxylation is 1. The van der Waals surface area contributed by atoms with E-state index in [1.165, 1.54) is 4.31 Å². The molecule has 1 amide bonds. The molecule has 0 bridgehead atoms. The molecular formula is C20H24N2O3S2. The molecule has 0 saturated carbocycles. The fourth-order valence-corrected chi connectivity index (χ4v) is 5.29. The summed E-state index contributed by atoms with van der Waals surface area (Å²) < 4.78 is 27.3. The summed E-state index contributed by atoms with van der Waals surface area (Å²) in [6.45, 7) is 2.58. The van der Waals surface area contributed by atoms with Crippen LogP contribution in [0.5, 0.6) is 0 Å². The van der Waals surface area contributed by atoms with Gasteiger partial charge in [0, 0.05) is 18.0 Å². The zero-order valence-corrected chi connectivity index (χ0v) is 17.1. The van der Waals surface area contributed by atoms with E-state index in [4.69, 9.17) is 0 Å². The second-order valence-corrected chi connectivity index (χ2v) is 9.49. The van der Waals surface area contributed by atoms with Crippen molar-refractivity contribution in [2.45, 2.75) is 29.6 Å². The van der Waals surface area contributed by atoms with E-state index in [1.807, 2.05) is 37.4 Å². The number of para-hydroxylation sites is 1. The molecule has 3 rings (SSSR count). The Hall–Kier alpha value is -1.83. The van der Waals surface area contributed by atoms with Gasteiger partial charge in [-0.25, -0.2) is 8.42 Å². The first-order valence-electron chi connectivity index (χ1n) is 8.92. The Labute approximate surface area is 165 Å². The summed E-state index contributed by atoms with van der Waals surface area (Å²) in [5, 5.41) is 2.97. The molecule has 144 valence electrons. The minimum Gasteiger partial charge on any atom is -0.325 e. The molecule has 0 radical (unpaired) electrons. The van der Waals surface area contributed by atoms with Crippen molar-refractivity contribution >= 4 is 33.4 Å². The lowest BCUT2D eigenvalue weighted by Crippen LogP contribution is -2.43. The van der Waals surface area contributed by atoms with Crippen LogP contribution in [0, 0.1) is 12.8 Å². The van der Waals surface area contributed by atoms with Crippen LogP contribution in [0.25, 0.3) is 0 Å². The molecule has 1 aliphatic rings. The number of sulfonamides is 1. The lowest BCUT2D eigenvalue weighted by Gasteiger charge is -2.31. The van der Waals surface area contributed by atoms with E-state index in [9.17, 15) is 13.2 Å². The molecule has 1 N–H and O–H groups in total. The standard InChI is InChI=1S/C20H24N2O3S2/c1-15-9-11-17(12-10-15)27(24,25)22-13-5-6-16(14-22)20(23)21-18-7-3-4-8-19(18)26-2/h3-4,7-12,16H,5-6,13-14H2,1-2H3,(H,21,23)/t16-/m1/s1. The highest BCUT2D eigenvalue weighted by atomic mass is 32.2. The molecule has 1 saturated heterocycles. The number of piperidine rings is 1. The van der Waals surface area contributed by atoms with Gasteiger partial charge in [0.2, 0.25) is 15.9 Å². The number of amides is 1. The summed E-state index contributed by atoms with van der Waals surface area (Å²) >= 11 is 1.57. The minimum absolute atomic E-state index is 0.125. The SMILES string of the molecule is CSc1ccccc1NC(=O)[C@@H]1CCCN(S(=O)(=O)c2ccc(C)cc2)C1. The van der Waals surface area contributed by atoms with Crippen LogP contribution in [-0.2, 0) is 14.8 Å². The van der Waals surface area contributed by atoms with E-state index in [0.717, 1.165) is 16.1 Å². The molecule has 2 aromatic carbocycles. The number of anilines is 1. The number of thioether (sulfide) groups is 1. The van der Waals surface area contributed by atoms with Gasteiger partial charge in [0.15, 0.2) is 0 Å². The highest BCUT2D eigenvalue weighted by Crippen LogP contribution is 2.28. The quantitative estimate of drug-likeness (QED) is 0.771. The van der Waals surface area contributed by atoms with E-state index in [1.54, 1.807) is 36.0 Å². The van der Waals surface area contributed by atoms with Crippen molar-refractivity contribution in [3.05, 3.63) is 54.1 Å². The van der Waals surface area contributed by atoms with E-state index >= 15 is 0 Å². The molecule has 0 unspecified atom stereocenters. The monoisotopic (exact) mass is 404 g/mol. The third-order valence-electron chi connectivity index (χ3n) is 4.78. The molecule has 1 fully saturated rings. The van der Waals surface area contributed by atoms with Gasteiger partial charge in [-0.3, -0.25) is 4.79 Å². The zero-order chi connectivity index (χ0) is 19.4. The average Bonchev–Trinajstić information content (AvgIpc) is 2.69. The third kappa shape index (κ3) is 4.54. The lowest BCUT2D eigenvalue weighted by atomic mass is 9.99. The van der Waals surface area contributed by atoms with Crippen LogP contribution in [0.3, 0.4) is 0 Å². The van der Waals surface area contributed by atoms with Gasteiger partial charge in [-0.05, 0) is 50.3 Å². The van der Waals surface area contributed by atoms with E-state index < -0.39 is 10.0 Å². The van der Waals surface area contributed by atoms with Gasteiger partial charge in [-0.1, -0.05) is 29.8 Å². The highest BCUT2D eigenvalue weighted by molar-refractivity contribution is 7.98. The van der Waals surface area contributed by atoms with Gasteiger partial charge in [-0.15, -0.1) is 11.8 Å². The Bertz CT molecular complexity index is 911. The van der Waals surface area contributed by atoms with Crippen molar-refractivity contribution in [2.24, 2.45) is 5.92 Å². The summed E-state index contributed by atoms with van der Waals surface area (Å²) in [5.74, 6) is -0.478. The van der Waals surface area contributed by atoms with Crippen molar-refractivity contribution < 1.29 is 13.2 Å². The zero-order valence-electron chi connectivity index (χ0n) is 15.5. The first kappa shape index (κ1) is 19.9. The second kappa shape index (κ2) is 8.46. The molecule has 1 atom stereocenters. The Morgan fingerprint density at radius 2 is 1.85 bits per heavy atom. The maximum Gasteiger partial charge on any atom is 0.243 e. The van der Waals surface area contributed by atoms with Crippen LogP contribution in [0.2, 0.25) is 0 Å². The molecule has 1 heterocycles. The molecule has 0 aliphatic carbocycles. The molecular weight excluding hydrogens is 380 g/mol. The molecule has 0 aromatic heterocycles. The number of hydrogen-bond donors (Lipinski definition) is 1. The average molecular weight is 405 g/mol. The van der Waals surface area contributed by atoms with Crippen LogP contribution in [-0.4, -0.2) is 38.0 Å². The molecule has 27 heavy (non-hydrogen) atoms. The van der Waals surface area contributed by atoms with E-state index in [-0.39, 0.29) is 23.3 Å². The Morgan fingerprint density at radius 3 is 2.56 bits per heavy atom. The van der Waals surface area contributed by atoms with E-state index in [0.29, 0.717) is 19.4 Å². The summed E-state index contributed by atoms with van der Waals surface area (Å²) in [7, 11) is -3.58. The van der Waals surface area contributed by atoms with Crippen molar-refractivity contribution in [1.82, 2.24) is 4.31 Å². The van der Waals surface area contributed by atoms with Crippen LogP contribution >= 0.6 is 11.8 Å². The maximum atomic E-state index is 12.9. The van der Waals surface area contributed by atoms with Gasteiger partial charge >= 0.3 is 0 Å². The maximum absolute atomic E-state index is 12.9. The first-order valence-corrected chi connectivity index (χ1v) is 11.6. The highest BCUT2D eigenvalue weighted by Gasteiger charge is 2.33. The number of carbonyl (C=O) groups excluding carboxylic acids is 1. The Morgan fingerprint density at radius 1 is 1.15 bits per heavy atom. The summed E-state index contributed by atoms with van der Waals surface area (Å²) in [5.41, 5.74) is 1.78. The Kier molecular flexibility index (Phi) is 6.24. The van der Waals surface area contributed by atoms with Crippen LogP contribution in [0.4, 0.5) is 5.69 Å². The van der Waals surface area contributed by atoms with Crippen molar-refractivity contribution in [1.29, 1.82) is 0 Å². The van der Waals surface area contributed by atoms with Gasteiger partial charge in [0.25, 0.3) is 0 Å². The molecule has 2 aromatic rings. The fourth-order valence-electron chi connectivity index (χ4n) is 3.22. The number of rotatable bonds is 5. The number of nitrogens with zero attached hydrogens (tertiary/aromatic N) is 1. The molecule has 5 nitrogen and oxygen atoms in total. The van der Waals surface area contributed by atoms with Gasteiger partial charge in [-0.2, -0.15) is 4.31 Å². The summed E-state index contributed by atoms with van der Waals surface area (Å²) in [6, 6.07) is 14.5. The first-order chi connectivity index (χ1) is 12.9. The van der Waals surface area contributed by atoms with E-state index in [2.05, 4.69) is 5.32 Å². The van der Waals surface area contributed by atoms with Crippen LogP contribution in [0.15, 0.2) is 58.3 Å². The normalized spacial score (nSPS) is 18.2. The predicted octanol–water partition coefficient (Wildman–Crippen LogP) is 3.76.